The van der Waals surface area contributed by atoms with Gasteiger partial charge in [0, 0.05) is 23.8 Å². The Kier molecular flexibility index (Phi) is 2.93. The largest absolute Gasteiger partial charge is 0.396 e. The highest BCUT2D eigenvalue weighted by Crippen LogP contribution is 2.43. The van der Waals surface area contributed by atoms with Gasteiger partial charge >= 0.3 is 0 Å². The first-order chi connectivity index (χ1) is 8.65. The number of imide groups is 1. The third-order valence-corrected chi connectivity index (χ3v) is 5.16. The average Bonchev–Trinajstić information content (AvgIpc) is 3.01. The lowest BCUT2D eigenvalue weighted by Gasteiger charge is -2.37. The van der Waals surface area contributed by atoms with Crippen LogP contribution < -0.4 is 0 Å². The Labute approximate surface area is 107 Å². The van der Waals surface area contributed by atoms with Crippen LogP contribution in [0.3, 0.4) is 0 Å². The molecular weight excluding hydrogens is 230 g/mol. The van der Waals surface area contributed by atoms with E-state index in [1.807, 2.05) is 0 Å². The average molecular weight is 251 g/mol. The normalized spacial score (nSPS) is 34.4. The molecule has 0 aromatic carbocycles. The standard InChI is InChI=1S/C14H21NO3/c16-9-14(5-1-2-6-14)8-15-12(17)10-3-4-11(7-10)13(15)18/h10-11,16H,1-9H2. The van der Waals surface area contributed by atoms with Gasteiger partial charge in [0.25, 0.3) is 0 Å². The quantitative estimate of drug-likeness (QED) is 0.770. The zero-order valence-electron chi connectivity index (χ0n) is 10.7. The van der Waals surface area contributed by atoms with E-state index in [2.05, 4.69) is 0 Å². The second-order valence-corrected chi connectivity index (χ2v) is 6.33. The molecule has 2 unspecified atom stereocenters. The maximum Gasteiger partial charge on any atom is 0.232 e. The summed E-state index contributed by atoms with van der Waals surface area (Å²) in [4.78, 5) is 26.0. The number of nitrogens with zero attached hydrogens (tertiary/aromatic N) is 1. The zero-order valence-corrected chi connectivity index (χ0v) is 10.7. The Hall–Kier alpha value is -0.900. The summed E-state index contributed by atoms with van der Waals surface area (Å²) in [6, 6.07) is 0. The van der Waals surface area contributed by atoms with Crippen LogP contribution in [0, 0.1) is 17.3 Å². The lowest BCUT2D eigenvalue weighted by molar-refractivity contribution is -0.155. The van der Waals surface area contributed by atoms with E-state index in [1.54, 1.807) is 0 Å². The predicted octanol–water partition coefficient (Wildman–Crippen LogP) is 1.32. The smallest absolute Gasteiger partial charge is 0.232 e. The van der Waals surface area contributed by atoms with Crippen molar-refractivity contribution in [2.75, 3.05) is 13.2 Å². The topological polar surface area (TPSA) is 57.6 Å². The minimum atomic E-state index is -0.206. The third-order valence-electron chi connectivity index (χ3n) is 5.16. The minimum absolute atomic E-state index is 0.0217. The summed E-state index contributed by atoms with van der Waals surface area (Å²) in [5.41, 5.74) is -0.206. The van der Waals surface area contributed by atoms with E-state index in [1.165, 1.54) is 4.90 Å². The van der Waals surface area contributed by atoms with E-state index in [0.29, 0.717) is 6.54 Å². The zero-order chi connectivity index (χ0) is 12.8. The second kappa shape index (κ2) is 4.34. The highest BCUT2D eigenvalue weighted by Gasteiger charge is 2.48. The molecule has 0 aromatic rings. The molecule has 2 atom stereocenters. The van der Waals surface area contributed by atoms with Gasteiger partial charge in [-0.2, -0.15) is 0 Å². The summed E-state index contributed by atoms with van der Waals surface area (Å²) >= 11 is 0. The molecule has 3 rings (SSSR count). The van der Waals surface area contributed by atoms with Crippen molar-refractivity contribution in [1.82, 2.24) is 4.90 Å². The van der Waals surface area contributed by atoms with E-state index in [9.17, 15) is 14.7 Å². The van der Waals surface area contributed by atoms with Crippen LogP contribution in [-0.2, 0) is 9.59 Å². The first-order valence-corrected chi connectivity index (χ1v) is 7.11. The van der Waals surface area contributed by atoms with Gasteiger partial charge in [-0.05, 0) is 32.1 Å². The lowest BCUT2D eigenvalue weighted by atomic mass is 9.85. The van der Waals surface area contributed by atoms with Gasteiger partial charge in [0.2, 0.25) is 11.8 Å². The van der Waals surface area contributed by atoms with Crippen molar-refractivity contribution in [2.24, 2.45) is 17.3 Å². The molecule has 2 saturated carbocycles. The molecule has 0 spiro atoms. The molecule has 100 valence electrons. The van der Waals surface area contributed by atoms with Crippen molar-refractivity contribution in [2.45, 2.75) is 44.9 Å². The molecule has 18 heavy (non-hydrogen) atoms. The van der Waals surface area contributed by atoms with Crippen LogP contribution in [0.4, 0.5) is 0 Å². The highest BCUT2D eigenvalue weighted by atomic mass is 16.3. The van der Waals surface area contributed by atoms with Crippen LogP contribution in [-0.4, -0.2) is 35.0 Å². The summed E-state index contributed by atoms with van der Waals surface area (Å²) in [7, 11) is 0. The van der Waals surface area contributed by atoms with Gasteiger partial charge in [0.05, 0.1) is 6.61 Å². The van der Waals surface area contributed by atoms with Crippen LogP contribution in [0.1, 0.15) is 44.9 Å². The van der Waals surface area contributed by atoms with Crippen molar-refractivity contribution in [3.63, 3.8) is 0 Å². The lowest BCUT2D eigenvalue weighted by Crippen LogP contribution is -2.51. The number of carbonyl (C=O) groups excluding carboxylic acids is 2. The molecule has 1 N–H and O–H groups in total. The van der Waals surface area contributed by atoms with Gasteiger partial charge in [-0.1, -0.05) is 12.8 Å². The molecule has 2 aliphatic carbocycles. The monoisotopic (exact) mass is 251 g/mol. The van der Waals surface area contributed by atoms with Crippen LogP contribution in [0.25, 0.3) is 0 Å². The van der Waals surface area contributed by atoms with Gasteiger partial charge in [-0.3, -0.25) is 14.5 Å². The van der Waals surface area contributed by atoms with E-state index >= 15 is 0 Å². The number of aliphatic hydroxyl groups is 1. The molecular formula is C14H21NO3. The summed E-state index contributed by atoms with van der Waals surface area (Å²) in [5, 5.41) is 9.62. The van der Waals surface area contributed by atoms with Gasteiger partial charge in [-0.15, -0.1) is 0 Å². The third kappa shape index (κ3) is 1.78. The fourth-order valence-corrected chi connectivity index (χ4v) is 3.96. The molecule has 4 heteroatoms. The number of carbonyl (C=O) groups is 2. The maximum atomic E-state index is 12.3. The number of hydrogen-bond acceptors (Lipinski definition) is 3. The molecule has 1 saturated heterocycles. The number of likely N-dealkylation sites (tertiary alicyclic amines) is 1. The minimum Gasteiger partial charge on any atom is -0.396 e. The van der Waals surface area contributed by atoms with Crippen molar-refractivity contribution in [3.05, 3.63) is 0 Å². The Balaban J connectivity index is 1.79. The van der Waals surface area contributed by atoms with E-state index in [-0.39, 0.29) is 35.7 Å². The maximum absolute atomic E-state index is 12.3. The second-order valence-electron chi connectivity index (χ2n) is 6.33. The number of rotatable bonds is 3. The Morgan fingerprint density at radius 3 is 2.17 bits per heavy atom. The highest BCUT2D eigenvalue weighted by molar-refractivity contribution is 6.00. The Morgan fingerprint density at radius 2 is 1.67 bits per heavy atom. The van der Waals surface area contributed by atoms with Crippen LogP contribution >= 0.6 is 0 Å². The van der Waals surface area contributed by atoms with E-state index in [4.69, 9.17) is 0 Å². The van der Waals surface area contributed by atoms with Crippen LogP contribution in [0.5, 0.6) is 0 Å². The molecule has 2 bridgehead atoms. The fraction of sp³-hybridized carbons (Fsp3) is 0.857. The molecule has 3 fully saturated rings. The number of piperidine rings is 1. The van der Waals surface area contributed by atoms with Crippen LogP contribution in [0.15, 0.2) is 0 Å². The molecule has 0 radical (unpaired) electrons. The molecule has 2 amide bonds. The van der Waals surface area contributed by atoms with Crippen LogP contribution in [0.2, 0.25) is 0 Å². The Morgan fingerprint density at radius 1 is 1.11 bits per heavy atom. The fourth-order valence-electron chi connectivity index (χ4n) is 3.96. The first-order valence-electron chi connectivity index (χ1n) is 7.11. The van der Waals surface area contributed by atoms with Gasteiger partial charge < -0.3 is 5.11 Å². The van der Waals surface area contributed by atoms with Crippen molar-refractivity contribution in [1.29, 1.82) is 0 Å². The number of amides is 2. The first kappa shape index (κ1) is 12.2. The summed E-state index contributed by atoms with van der Waals surface area (Å²) < 4.78 is 0. The van der Waals surface area contributed by atoms with Gasteiger partial charge in [0.1, 0.15) is 0 Å². The summed E-state index contributed by atoms with van der Waals surface area (Å²) in [6.07, 6.45) is 6.59. The molecule has 0 aromatic heterocycles. The van der Waals surface area contributed by atoms with Gasteiger partial charge in [0.15, 0.2) is 0 Å². The molecule has 1 aliphatic heterocycles. The van der Waals surface area contributed by atoms with E-state index < -0.39 is 0 Å². The van der Waals surface area contributed by atoms with Gasteiger partial charge in [-0.25, -0.2) is 0 Å². The molecule has 1 heterocycles. The SMILES string of the molecule is O=C1C2CCC(C2)C(=O)N1CC1(CO)CCCC1. The number of hydrogen-bond donors (Lipinski definition) is 1. The Bertz CT molecular complexity index is 351. The van der Waals surface area contributed by atoms with E-state index in [0.717, 1.165) is 44.9 Å². The number of aliphatic hydroxyl groups excluding tert-OH is 1. The summed E-state index contributed by atoms with van der Waals surface area (Å²) in [5.74, 6) is 0.191. The molecule has 3 aliphatic rings. The van der Waals surface area contributed by atoms with Crippen molar-refractivity contribution in [3.8, 4) is 0 Å². The predicted molar refractivity (Wildman–Crippen MR) is 65.5 cm³/mol. The van der Waals surface area contributed by atoms with Crippen molar-refractivity contribution >= 4 is 11.8 Å². The molecule has 4 nitrogen and oxygen atoms in total. The van der Waals surface area contributed by atoms with Crippen molar-refractivity contribution < 1.29 is 14.7 Å². The summed E-state index contributed by atoms with van der Waals surface area (Å²) in [6.45, 7) is 0.549. The number of fused-ring (bicyclic) bond motifs is 2.